The number of thioether (sulfide) groups is 1. The zero-order valence-electron chi connectivity index (χ0n) is 9.08. The second-order valence-electron chi connectivity index (χ2n) is 3.76. The van der Waals surface area contributed by atoms with E-state index in [1.165, 1.54) is 4.90 Å². The Morgan fingerprint density at radius 3 is 2.71 bits per heavy atom. The monoisotopic (exact) mass is 210 g/mol. The van der Waals surface area contributed by atoms with E-state index < -0.39 is 5.60 Å². The molecular weight excluding hydrogens is 192 g/mol. The summed E-state index contributed by atoms with van der Waals surface area (Å²) in [5, 5.41) is 10.2. The Labute approximate surface area is 90.5 Å². The average molecular weight is 210 g/mol. The van der Waals surface area contributed by atoms with E-state index >= 15 is 0 Å². The third kappa shape index (κ3) is 2.76. The summed E-state index contributed by atoms with van der Waals surface area (Å²) in [7, 11) is 0. The van der Waals surface area contributed by atoms with Gasteiger partial charge in [-0.1, -0.05) is 25.5 Å². The van der Waals surface area contributed by atoms with Gasteiger partial charge in [-0.2, -0.15) is 0 Å². The predicted octanol–water partition coefficient (Wildman–Crippen LogP) is 3.42. The van der Waals surface area contributed by atoms with Crippen molar-refractivity contribution in [2.45, 2.75) is 37.2 Å². The fourth-order valence-electron chi connectivity index (χ4n) is 1.59. The lowest BCUT2D eigenvalue weighted by molar-refractivity contribution is 0.0468. The van der Waals surface area contributed by atoms with Gasteiger partial charge in [0.2, 0.25) is 0 Å². The van der Waals surface area contributed by atoms with Gasteiger partial charge in [-0.15, -0.1) is 11.8 Å². The summed E-state index contributed by atoms with van der Waals surface area (Å²) < 4.78 is 0. The Kier molecular flexibility index (Phi) is 4.02. The first-order chi connectivity index (χ1) is 6.60. The van der Waals surface area contributed by atoms with Crippen LogP contribution in [0.4, 0.5) is 0 Å². The minimum Gasteiger partial charge on any atom is -0.385 e. The second-order valence-corrected chi connectivity index (χ2v) is 4.64. The quantitative estimate of drug-likeness (QED) is 0.768. The molecule has 1 aromatic rings. The van der Waals surface area contributed by atoms with Crippen molar-refractivity contribution in [1.82, 2.24) is 0 Å². The minimum absolute atomic E-state index is 0.680. The first kappa shape index (κ1) is 11.6. The first-order valence-corrected chi connectivity index (χ1v) is 6.19. The molecule has 1 aromatic carbocycles. The van der Waals surface area contributed by atoms with Gasteiger partial charge in [-0.3, -0.25) is 0 Å². The molecule has 2 heteroatoms. The highest BCUT2D eigenvalue weighted by Gasteiger charge is 2.21. The zero-order valence-corrected chi connectivity index (χ0v) is 9.90. The SMILES string of the molecule is CCC[C@@](C)(O)c1cccc(SC)c1. The van der Waals surface area contributed by atoms with Crippen molar-refractivity contribution < 1.29 is 5.11 Å². The molecule has 0 heterocycles. The summed E-state index contributed by atoms with van der Waals surface area (Å²) in [5.74, 6) is 0. The molecule has 0 aliphatic carbocycles. The van der Waals surface area contributed by atoms with Gasteiger partial charge in [0.1, 0.15) is 0 Å². The molecule has 0 fully saturated rings. The van der Waals surface area contributed by atoms with Crippen molar-refractivity contribution in [2.75, 3.05) is 6.26 Å². The number of hydrogen-bond donors (Lipinski definition) is 1. The molecule has 0 aromatic heterocycles. The van der Waals surface area contributed by atoms with Crippen LogP contribution >= 0.6 is 11.8 Å². The van der Waals surface area contributed by atoms with Crippen molar-refractivity contribution in [2.24, 2.45) is 0 Å². The summed E-state index contributed by atoms with van der Waals surface area (Å²) in [5.41, 5.74) is 0.340. The molecule has 0 bridgehead atoms. The van der Waals surface area contributed by atoms with Crippen LogP contribution in [0.3, 0.4) is 0 Å². The number of hydrogen-bond acceptors (Lipinski definition) is 2. The molecule has 0 unspecified atom stereocenters. The Bertz CT molecular complexity index is 294. The minimum atomic E-state index is -0.680. The van der Waals surface area contributed by atoms with Crippen molar-refractivity contribution in [3.63, 3.8) is 0 Å². The molecule has 14 heavy (non-hydrogen) atoms. The lowest BCUT2D eigenvalue weighted by Gasteiger charge is -2.23. The lowest BCUT2D eigenvalue weighted by Crippen LogP contribution is -2.20. The van der Waals surface area contributed by atoms with Gasteiger partial charge in [-0.25, -0.2) is 0 Å². The van der Waals surface area contributed by atoms with Gasteiger partial charge in [0.05, 0.1) is 5.60 Å². The number of benzene rings is 1. The van der Waals surface area contributed by atoms with Crippen LogP contribution in [0.2, 0.25) is 0 Å². The largest absolute Gasteiger partial charge is 0.385 e. The highest BCUT2D eigenvalue weighted by atomic mass is 32.2. The summed E-state index contributed by atoms with van der Waals surface area (Å²) in [4.78, 5) is 1.21. The van der Waals surface area contributed by atoms with Crippen molar-refractivity contribution in [3.8, 4) is 0 Å². The Morgan fingerprint density at radius 1 is 1.43 bits per heavy atom. The summed E-state index contributed by atoms with van der Waals surface area (Å²) in [6.07, 6.45) is 3.86. The highest BCUT2D eigenvalue weighted by Crippen LogP contribution is 2.28. The van der Waals surface area contributed by atoms with Crippen LogP contribution in [0.5, 0.6) is 0 Å². The highest BCUT2D eigenvalue weighted by molar-refractivity contribution is 7.98. The topological polar surface area (TPSA) is 20.2 Å². The molecule has 0 saturated carbocycles. The molecule has 0 amide bonds. The van der Waals surface area contributed by atoms with Crippen LogP contribution in [-0.4, -0.2) is 11.4 Å². The summed E-state index contributed by atoms with van der Waals surface area (Å²) in [6, 6.07) is 8.14. The fourth-order valence-corrected chi connectivity index (χ4v) is 2.05. The molecule has 0 spiro atoms. The lowest BCUT2D eigenvalue weighted by atomic mass is 9.92. The van der Waals surface area contributed by atoms with Crippen LogP contribution in [-0.2, 0) is 5.60 Å². The molecule has 1 nitrogen and oxygen atoms in total. The average Bonchev–Trinajstić information content (AvgIpc) is 2.18. The van der Waals surface area contributed by atoms with Gasteiger partial charge >= 0.3 is 0 Å². The summed E-state index contributed by atoms with van der Waals surface area (Å²) in [6.45, 7) is 3.98. The summed E-state index contributed by atoms with van der Waals surface area (Å²) >= 11 is 1.71. The Hall–Kier alpha value is -0.470. The van der Waals surface area contributed by atoms with E-state index in [9.17, 15) is 5.11 Å². The molecule has 1 atom stereocenters. The molecule has 0 radical (unpaired) electrons. The normalized spacial score (nSPS) is 15.1. The van der Waals surface area contributed by atoms with Crippen LogP contribution in [0, 0.1) is 0 Å². The first-order valence-electron chi connectivity index (χ1n) is 4.97. The van der Waals surface area contributed by atoms with E-state index in [0.717, 1.165) is 18.4 Å². The van der Waals surface area contributed by atoms with Crippen LogP contribution < -0.4 is 0 Å². The molecule has 0 saturated heterocycles. The van der Waals surface area contributed by atoms with Gasteiger partial charge < -0.3 is 5.11 Å². The maximum atomic E-state index is 10.2. The molecular formula is C12H18OS. The second kappa shape index (κ2) is 4.85. The van der Waals surface area contributed by atoms with Gasteiger partial charge in [0, 0.05) is 4.90 Å². The third-order valence-corrected chi connectivity index (χ3v) is 3.15. The van der Waals surface area contributed by atoms with E-state index in [4.69, 9.17) is 0 Å². The zero-order chi connectivity index (χ0) is 10.6. The third-order valence-electron chi connectivity index (χ3n) is 2.43. The van der Waals surface area contributed by atoms with Gasteiger partial charge in [0.25, 0.3) is 0 Å². The predicted molar refractivity (Wildman–Crippen MR) is 62.7 cm³/mol. The Balaban J connectivity index is 2.93. The fraction of sp³-hybridized carbons (Fsp3) is 0.500. The molecule has 1 rings (SSSR count). The van der Waals surface area contributed by atoms with E-state index in [1.807, 2.05) is 25.3 Å². The van der Waals surface area contributed by atoms with E-state index in [1.54, 1.807) is 11.8 Å². The van der Waals surface area contributed by atoms with Crippen molar-refractivity contribution in [3.05, 3.63) is 29.8 Å². The van der Waals surface area contributed by atoms with E-state index in [-0.39, 0.29) is 0 Å². The van der Waals surface area contributed by atoms with E-state index in [0.29, 0.717) is 0 Å². The Morgan fingerprint density at radius 2 is 2.14 bits per heavy atom. The van der Waals surface area contributed by atoms with Gasteiger partial charge in [0.15, 0.2) is 0 Å². The molecule has 0 aliphatic rings. The smallest absolute Gasteiger partial charge is 0.0868 e. The van der Waals surface area contributed by atoms with E-state index in [2.05, 4.69) is 19.1 Å². The molecule has 78 valence electrons. The standard InChI is InChI=1S/C12H18OS/c1-4-8-12(2,13)10-6-5-7-11(9-10)14-3/h5-7,9,13H,4,8H2,1-3H3/t12-/m1/s1. The van der Waals surface area contributed by atoms with Crippen LogP contribution in [0.25, 0.3) is 0 Å². The van der Waals surface area contributed by atoms with Crippen LogP contribution in [0.15, 0.2) is 29.2 Å². The number of rotatable bonds is 4. The molecule has 1 N–H and O–H groups in total. The maximum absolute atomic E-state index is 10.2. The number of aliphatic hydroxyl groups is 1. The van der Waals surface area contributed by atoms with Crippen molar-refractivity contribution >= 4 is 11.8 Å². The van der Waals surface area contributed by atoms with Crippen molar-refractivity contribution in [1.29, 1.82) is 0 Å². The molecule has 0 aliphatic heterocycles. The maximum Gasteiger partial charge on any atom is 0.0868 e. The van der Waals surface area contributed by atoms with Gasteiger partial charge in [-0.05, 0) is 37.3 Å². The van der Waals surface area contributed by atoms with Crippen LogP contribution in [0.1, 0.15) is 32.3 Å².